The highest BCUT2D eigenvalue weighted by Crippen LogP contribution is 2.27. The van der Waals surface area contributed by atoms with E-state index in [9.17, 15) is 4.79 Å². The quantitative estimate of drug-likeness (QED) is 0.915. The van der Waals surface area contributed by atoms with Crippen LogP contribution in [0.1, 0.15) is 23.1 Å². The van der Waals surface area contributed by atoms with Crippen molar-refractivity contribution >= 4 is 22.4 Å². The maximum Gasteiger partial charge on any atom is 0.264 e. The molecule has 6 heteroatoms. The first kappa shape index (κ1) is 16.0. The molecule has 2 heterocycles. The first-order valence-electron chi connectivity index (χ1n) is 7.82. The standard InChI is InChI=1S/C17H21N3O2S/c1-3-12-4-6-13(7-5-12)22-11-16(21)19-17-18-14-8-9-20(2)10-15(14)23-17/h4-7H,3,8-11H2,1-2H3,(H,18,19,21). The molecule has 0 fully saturated rings. The van der Waals surface area contributed by atoms with Crippen LogP contribution in [0.25, 0.3) is 0 Å². The molecule has 0 saturated heterocycles. The summed E-state index contributed by atoms with van der Waals surface area (Å²) in [4.78, 5) is 20.0. The third-order valence-electron chi connectivity index (χ3n) is 3.87. The van der Waals surface area contributed by atoms with Crippen molar-refractivity contribution in [1.29, 1.82) is 0 Å². The van der Waals surface area contributed by atoms with Crippen molar-refractivity contribution in [2.24, 2.45) is 0 Å². The Hall–Kier alpha value is -1.92. The molecule has 0 spiro atoms. The van der Waals surface area contributed by atoms with Crippen molar-refractivity contribution in [2.45, 2.75) is 26.3 Å². The summed E-state index contributed by atoms with van der Waals surface area (Å²) >= 11 is 1.55. The highest BCUT2D eigenvalue weighted by Gasteiger charge is 2.19. The number of fused-ring (bicyclic) bond motifs is 1. The minimum absolute atomic E-state index is 0.00434. The van der Waals surface area contributed by atoms with Crippen molar-refractivity contribution in [3.8, 4) is 5.75 Å². The third kappa shape index (κ3) is 4.09. The number of carbonyl (C=O) groups is 1. The lowest BCUT2D eigenvalue weighted by Crippen LogP contribution is -2.25. The topological polar surface area (TPSA) is 54.5 Å². The van der Waals surface area contributed by atoms with Crippen LogP contribution in [0.4, 0.5) is 5.13 Å². The van der Waals surface area contributed by atoms with Gasteiger partial charge in [-0.05, 0) is 31.2 Å². The van der Waals surface area contributed by atoms with Gasteiger partial charge in [0.05, 0.1) is 5.69 Å². The van der Waals surface area contributed by atoms with Crippen LogP contribution in [-0.4, -0.2) is 36.0 Å². The van der Waals surface area contributed by atoms with E-state index in [0.29, 0.717) is 10.9 Å². The summed E-state index contributed by atoms with van der Waals surface area (Å²) in [6, 6.07) is 7.81. The Balaban J connectivity index is 1.53. The summed E-state index contributed by atoms with van der Waals surface area (Å²) in [5.74, 6) is 0.529. The number of aryl methyl sites for hydroxylation is 1. The van der Waals surface area contributed by atoms with Gasteiger partial charge in [0.15, 0.2) is 11.7 Å². The number of ether oxygens (including phenoxy) is 1. The minimum atomic E-state index is -0.177. The Bertz CT molecular complexity index is 682. The second-order valence-corrected chi connectivity index (χ2v) is 6.79. The number of carbonyl (C=O) groups excluding carboxylic acids is 1. The fraction of sp³-hybridized carbons (Fsp3) is 0.412. The summed E-state index contributed by atoms with van der Waals surface area (Å²) in [6.07, 6.45) is 1.93. The maximum atomic E-state index is 12.0. The van der Waals surface area contributed by atoms with Crippen molar-refractivity contribution in [3.05, 3.63) is 40.4 Å². The normalized spacial score (nSPS) is 14.3. The average Bonchev–Trinajstić information content (AvgIpc) is 2.94. The number of nitrogens with zero attached hydrogens (tertiary/aromatic N) is 2. The molecule has 122 valence electrons. The predicted molar refractivity (Wildman–Crippen MR) is 92.1 cm³/mol. The van der Waals surface area contributed by atoms with Gasteiger partial charge < -0.3 is 9.64 Å². The Morgan fingerprint density at radius 2 is 2.17 bits per heavy atom. The molecule has 3 rings (SSSR count). The molecule has 1 aromatic carbocycles. The van der Waals surface area contributed by atoms with Crippen LogP contribution in [0.3, 0.4) is 0 Å². The number of nitrogens with one attached hydrogen (secondary N) is 1. The smallest absolute Gasteiger partial charge is 0.264 e. The monoisotopic (exact) mass is 331 g/mol. The van der Waals surface area contributed by atoms with Crippen molar-refractivity contribution in [2.75, 3.05) is 25.5 Å². The first-order valence-corrected chi connectivity index (χ1v) is 8.64. The number of benzene rings is 1. The SMILES string of the molecule is CCc1ccc(OCC(=O)Nc2nc3c(s2)CN(C)CC3)cc1. The predicted octanol–water partition coefficient (Wildman–Crippen LogP) is 2.71. The molecule has 1 N–H and O–H groups in total. The van der Waals surface area contributed by atoms with Crippen molar-refractivity contribution < 1.29 is 9.53 Å². The molecule has 0 unspecified atom stereocenters. The van der Waals surface area contributed by atoms with Crippen LogP contribution in [0.2, 0.25) is 0 Å². The van der Waals surface area contributed by atoms with Gasteiger partial charge in [0.2, 0.25) is 0 Å². The Morgan fingerprint density at radius 3 is 2.91 bits per heavy atom. The zero-order valence-electron chi connectivity index (χ0n) is 13.5. The lowest BCUT2D eigenvalue weighted by atomic mass is 10.2. The Kier molecular flexibility index (Phi) is 4.93. The highest BCUT2D eigenvalue weighted by atomic mass is 32.1. The number of anilines is 1. The van der Waals surface area contributed by atoms with Gasteiger partial charge >= 0.3 is 0 Å². The minimum Gasteiger partial charge on any atom is -0.484 e. The summed E-state index contributed by atoms with van der Waals surface area (Å²) < 4.78 is 5.52. The van der Waals surface area contributed by atoms with Crippen LogP contribution in [-0.2, 0) is 24.2 Å². The van der Waals surface area contributed by atoms with Gasteiger partial charge in [-0.1, -0.05) is 19.1 Å². The van der Waals surface area contributed by atoms with Crippen molar-refractivity contribution in [3.63, 3.8) is 0 Å². The Morgan fingerprint density at radius 1 is 1.39 bits per heavy atom. The summed E-state index contributed by atoms with van der Waals surface area (Å²) in [5.41, 5.74) is 2.36. The van der Waals surface area contributed by atoms with E-state index in [4.69, 9.17) is 4.74 Å². The lowest BCUT2D eigenvalue weighted by molar-refractivity contribution is -0.118. The van der Waals surface area contributed by atoms with E-state index in [1.54, 1.807) is 11.3 Å². The number of likely N-dealkylation sites (N-methyl/N-ethyl adjacent to an activating group) is 1. The summed E-state index contributed by atoms with van der Waals surface area (Å²) in [7, 11) is 2.10. The molecule has 1 aliphatic heterocycles. The van der Waals surface area contributed by atoms with Crippen LogP contribution in [0.15, 0.2) is 24.3 Å². The van der Waals surface area contributed by atoms with E-state index in [2.05, 4.69) is 29.2 Å². The van der Waals surface area contributed by atoms with Crippen molar-refractivity contribution in [1.82, 2.24) is 9.88 Å². The molecule has 0 radical (unpaired) electrons. The number of hydrogen-bond acceptors (Lipinski definition) is 5. The molecule has 2 aromatic rings. The van der Waals surface area contributed by atoms with Gasteiger partial charge in [0.25, 0.3) is 5.91 Å². The van der Waals surface area contributed by atoms with Crippen LogP contribution in [0, 0.1) is 0 Å². The molecule has 0 atom stereocenters. The molecule has 5 nitrogen and oxygen atoms in total. The molecule has 1 amide bonds. The van der Waals surface area contributed by atoms with Gasteiger partial charge in [0, 0.05) is 24.4 Å². The van der Waals surface area contributed by atoms with E-state index in [1.165, 1.54) is 10.4 Å². The number of hydrogen-bond donors (Lipinski definition) is 1. The van der Waals surface area contributed by atoms with E-state index in [0.717, 1.165) is 31.6 Å². The summed E-state index contributed by atoms with van der Waals surface area (Å²) in [6.45, 7) is 4.02. The van der Waals surface area contributed by atoms with Crippen LogP contribution >= 0.6 is 11.3 Å². The number of amides is 1. The van der Waals surface area contributed by atoms with Gasteiger partial charge in [-0.2, -0.15) is 0 Å². The van der Waals surface area contributed by atoms with Crippen LogP contribution < -0.4 is 10.1 Å². The molecular formula is C17H21N3O2S. The number of thiazole rings is 1. The fourth-order valence-corrected chi connectivity index (χ4v) is 3.61. The van der Waals surface area contributed by atoms with Gasteiger partial charge in [-0.3, -0.25) is 10.1 Å². The zero-order chi connectivity index (χ0) is 16.2. The fourth-order valence-electron chi connectivity index (χ4n) is 2.50. The third-order valence-corrected chi connectivity index (χ3v) is 4.87. The Labute approximate surface area is 140 Å². The van der Waals surface area contributed by atoms with E-state index < -0.39 is 0 Å². The largest absolute Gasteiger partial charge is 0.484 e. The van der Waals surface area contributed by atoms with Gasteiger partial charge in [0.1, 0.15) is 5.75 Å². The molecule has 0 aliphatic carbocycles. The first-order chi connectivity index (χ1) is 11.1. The van der Waals surface area contributed by atoms with Gasteiger partial charge in [-0.25, -0.2) is 4.98 Å². The second-order valence-electron chi connectivity index (χ2n) is 5.71. The zero-order valence-corrected chi connectivity index (χ0v) is 14.3. The molecular weight excluding hydrogens is 310 g/mol. The van der Waals surface area contributed by atoms with Crippen LogP contribution in [0.5, 0.6) is 5.75 Å². The van der Waals surface area contributed by atoms with E-state index >= 15 is 0 Å². The maximum absolute atomic E-state index is 12.0. The second kappa shape index (κ2) is 7.10. The highest BCUT2D eigenvalue weighted by molar-refractivity contribution is 7.15. The van der Waals surface area contributed by atoms with Gasteiger partial charge in [-0.15, -0.1) is 11.3 Å². The molecule has 23 heavy (non-hydrogen) atoms. The molecule has 1 aliphatic rings. The molecule has 0 saturated carbocycles. The van der Waals surface area contributed by atoms with E-state index in [-0.39, 0.29) is 12.5 Å². The lowest BCUT2D eigenvalue weighted by Gasteiger charge is -2.20. The van der Waals surface area contributed by atoms with E-state index in [1.807, 2.05) is 24.3 Å². The molecule has 0 bridgehead atoms. The number of rotatable bonds is 5. The molecule has 1 aromatic heterocycles. The summed E-state index contributed by atoms with van der Waals surface area (Å²) in [5, 5.41) is 3.50. The average molecular weight is 331 g/mol. The number of aromatic nitrogens is 1.